The van der Waals surface area contributed by atoms with Crippen molar-refractivity contribution in [2.75, 3.05) is 6.61 Å². The lowest BCUT2D eigenvalue weighted by atomic mass is 10.0. The smallest absolute Gasteiger partial charge is 0.306 e. The maximum Gasteiger partial charge on any atom is 0.306 e. The molecule has 0 fully saturated rings. The molecule has 0 radical (unpaired) electrons. The molecule has 0 aromatic rings. The molecule has 6 nitrogen and oxygen atoms in total. The topological polar surface area (TPSA) is 95.9 Å². The van der Waals surface area contributed by atoms with Crippen LogP contribution in [0.4, 0.5) is 0 Å². The number of nitrogens with one attached hydrogen (secondary N) is 1. The van der Waals surface area contributed by atoms with Crippen LogP contribution in [-0.4, -0.2) is 46.9 Å². The predicted octanol–water partition coefficient (Wildman–Crippen LogP) is 18.5. The number of aliphatic hydroxyl groups is 2. The second-order valence-corrected chi connectivity index (χ2v) is 20.8. The molecule has 0 aromatic carbocycles. The number of unbranched alkanes of at least 4 members (excludes halogenated alkanes) is 41. The molecule has 0 saturated heterocycles. The van der Waals surface area contributed by atoms with Crippen molar-refractivity contribution in [2.45, 2.75) is 354 Å². The predicted molar refractivity (Wildman–Crippen MR) is 287 cm³/mol. The van der Waals surface area contributed by atoms with E-state index in [0.717, 1.165) is 44.9 Å². The number of carbonyl (C=O) groups excluding carboxylic acids is 2. The number of rotatable bonds is 55. The number of hydrogen-bond acceptors (Lipinski definition) is 5. The molecular weight excluding hydrogens is 815 g/mol. The molecule has 0 aliphatic rings. The standard InChI is InChI=1S/C60H117NO5/c1-4-7-10-13-16-19-22-25-28-29-32-33-36-39-42-45-48-51-56(66-60(65)53-50-47-44-41-38-35-31-27-24-21-18-15-12-9-6-3)54-59(64)61-57(55-62)58(63)52-49-46-43-40-37-34-30-26-23-20-17-14-11-8-5-2/h21,24,56-58,62-63H,4-20,22-23,25-55H2,1-3H3,(H,61,64)/b24-21-. The van der Waals surface area contributed by atoms with Crippen LogP contribution in [0.5, 0.6) is 0 Å². The Morgan fingerprint density at radius 3 is 1.09 bits per heavy atom. The molecule has 0 spiro atoms. The van der Waals surface area contributed by atoms with Crippen molar-refractivity contribution < 1.29 is 24.5 Å². The van der Waals surface area contributed by atoms with Crippen LogP contribution in [0.25, 0.3) is 0 Å². The number of hydrogen-bond donors (Lipinski definition) is 3. The SMILES string of the molecule is CCCCCC/C=C\CCCCCCCCCC(=O)OC(CCCCCCCCCCCCCCCCCCC)CC(=O)NC(CO)C(O)CCCCCCCCCCCCCCCCC. The zero-order valence-corrected chi connectivity index (χ0v) is 44.9. The lowest BCUT2D eigenvalue weighted by Gasteiger charge is -2.24. The normalized spacial score (nSPS) is 13.1. The maximum absolute atomic E-state index is 13.3. The summed E-state index contributed by atoms with van der Waals surface area (Å²) in [4.78, 5) is 26.3. The van der Waals surface area contributed by atoms with E-state index in [9.17, 15) is 19.8 Å². The fraction of sp³-hybridized carbons (Fsp3) is 0.933. The summed E-state index contributed by atoms with van der Waals surface area (Å²) in [5.74, 6) is -0.454. The fourth-order valence-corrected chi connectivity index (χ4v) is 9.55. The lowest BCUT2D eigenvalue weighted by molar-refractivity contribution is -0.151. The molecule has 392 valence electrons. The molecule has 6 heteroatoms. The highest BCUT2D eigenvalue weighted by atomic mass is 16.5. The van der Waals surface area contributed by atoms with Gasteiger partial charge in [0.15, 0.2) is 0 Å². The summed E-state index contributed by atoms with van der Waals surface area (Å²) in [6.45, 7) is 6.52. The molecule has 3 atom stereocenters. The van der Waals surface area contributed by atoms with Gasteiger partial charge in [-0.1, -0.05) is 283 Å². The van der Waals surface area contributed by atoms with Crippen molar-refractivity contribution in [3.05, 3.63) is 12.2 Å². The van der Waals surface area contributed by atoms with E-state index in [1.807, 2.05) is 0 Å². The summed E-state index contributed by atoms with van der Waals surface area (Å²) in [6.07, 6.45) is 62.8. The minimum absolute atomic E-state index is 0.0841. The van der Waals surface area contributed by atoms with Crippen LogP contribution in [-0.2, 0) is 14.3 Å². The highest BCUT2D eigenvalue weighted by molar-refractivity contribution is 5.77. The van der Waals surface area contributed by atoms with Gasteiger partial charge in [-0.25, -0.2) is 0 Å². The highest BCUT2D eigenvalue weighted by Gasteiger charge is 2.24. The van der Waals surface area contributed by atoms with Gasteiger partial charge in [0.25, 0.3) is 0 Å². The van der Waals surface area contributed by atoms with Gasteiger partial charge in [-0.15, -0.1) is 0 Å². The molecule has 0 heterocycles. The lowest BCUT2D eigenvalue weighted by Crippen LogP contribution is -2.46. The first-order valence-corrected chi connectivity index (χ1v) is 29.9. The van der Waals surface area contributed by atoms with Crippen molar-refractivity contribution in [1.82, 2.24) is 5.32 Å². The molecule has 3 N–H and O–H groups in total. The average molecular weight is 933 g/mol. The van der Waals surface area contributed by atoms with Gasteiger partial charge in [0.2, 0.25) is 5.91 Å². The summed E-state index contributed by atoms with van der Waals surface area (Å²) < 4.78 is 5.97. The number of esters is 1. The Hall–Kier alpha value is -1.40. The number of amides is 1. The summed E-state index contributed by atoms with van der Waals surface area (Å²) >= 11 is 0. The zero-order chi connectivity index (χ0) is 48.1. The Bertz CT molecular complexity index is 1000. The number of carbonyl (C=O) groups is 2. The first-order chi connectivity index (χ1) is 32.5. The van der Waals surface area contributed by atoms with Crippen LogP contribution in [0.1, 0.15) is 335 Å². The molecule has 0 rings (SSSR count). The third kappa shape index (κ3) is 49.0. The quantitative estimate of drug-likeness (QED) is 0.0321. The van der Waals surface area contributed by atoms with Crippen LogP contribution in [0.2, 0.25) is 0 Å². The summed E-state index contributed by atoms with van der Waals surface area (Å²) in [6, 6.07) is -0.697. The van der Waals surface area contributed by atoms with Gasteiger partial charge in [0.1, 0.15) is 6.10 Å². The molecule has 0 bridgehead atoms. The van der Waals surface area contributed by atoms with Gasteiger partial charge in [-0.05, 0) is 51.4 Å². The van der Waals surface area contributed by atoms with Gasteiger partial charge in [0.05, 0.1) is 25.2 Å². The van der Waals surface area contributed by atoms with Gasteiger partial charge in [0, 0.05) is 6.42 Å². The Labute approximate surface area is 412 Å². The van der Waals surface area contributed by atoms with Gasteiger partial charge in [-0.2, -0.15) is 0 Å². The molecule has 3 unspecified atom stereocenters. The van der Waals surface area contributed by atoms with Crippen LogP contribution in [0, 0.1) is 0 Å². The van der Waals surface area contributed by atoms with Crippen molar-refractivity contribution in [2.24, 2.45) is 0 Å². The third-order valence-electron chi connectivity index (χ3n) is 14.1. The Kier molecular flexibility index (Phi) is 53.4. The van der Waals surface area contributed by atoms with E-state index in [-0.39, 0.29) is 24.9 Å². The van der Waals surface area contributed by atoms with Crippen LogP contribution in [0.3, 0.4) is 0 Å². The molecule has 66 heavy (non-hydrogen) atoms. The number of ether oxygens (including phenoxy) is 1. The molecule has 0 aromatic heterocycles. The molecule has 1 amide bonds. The summed E-state index contributed by atoms with van der Waals surface area (Å²) in [7, 11) is 0. The fourth-order valence-electron chi connectivity index (χ4n) is 9.55. The van der Waals surface area contributed by atoms with Crippen molar-refractivity contribution in [3.63, 3.8) is 0 Å². The minimum atomic E-state index is -0.783. The van der Waals surface area contributed by atoms with Crippen LogP contribution in [0.15, 0.2) is 12.2 Å². The van der Waals surface area contributed by atoms with E-state index in [1.165, 1.54) is 244 Å². The molecule has 0 saturated carbocycles. The average Bonchev–Trinajstić information content (AvgIpc) is 3.31. The second kappa shape index (κ2) is 54.5. The first-order valence-electron chi connectivity index (χ1n) is 29.9. The van der Waals surface area contributed by atoms with Crippen LogP contribution < -0.4 is 5.32 Å². The summed E-state index contributed by atoms with van der Waals surface area (Å²) in [5, 5.41) is 23.9. The number of aliphatic hydroxyl groups excluding tert-OH is 2. The van der Waals surface area contributed by atoms with Gasteiger partial charge < -0.3 is 20.3 Å². The van der Waals surface area contributed by atoms with Gasteiger partial charge >= 0.3 is 5.97 Å². The van der Waals surface area contributed by atoms with E-state index in [4.69, 9.17) is 4.74 Å². The second-order valence-electron chi connectivity index (χ2n) is 20.8. The largest absolute Gasteiger partial charge is 0.462 e. The Morgan fingerprint density at radius 1 is 0.424 bits per heavy atom. The molecule has 0 aliphatic heterocycles. The van der Waals surface area contributed by atoms with Crippen molar-refractivity contribution >= 4 is 11.9 Å². The third-order valence-corrected chi connectivity index (χ3v) is 14.1. The molecule has 0 aliphatic carbocycles. The van der Waals surface area contributed by atoms with E-state index in [2.05, 4.69) is 38.2 Å². The monoisotopic (exact) mass is 932 g/mol. The first kappa shape index (κ1) is 64.6. The van der Waals surface area contributed by atoms with Crippen molar-refractivity contribution in [3.8, 4) is 0 Å². The molecular formula is C60H117NO5. The van der Waals surface area contributed by atoms with E-state index >= 15 is 0 Å². The Morgan fingerprint density at radius 2 is 0.727 bits per heavy atom. The highest BCUT2D eigenvalue weighted by Crippen LogP contribution is 2.19. The van der Waals surface area contributed by atoms with Crippen molar-refractivity contribution in [1.29, 1.82) is 0 Å². The van der Waals surface area contributed by atoms with Crippen LogP contribution >= 0.6 is 0 Å². The number of allylic oxidation sites excluding steroid dienone is 2. The summed E-state index contributed by atoms with van der Waals surface area (Å²) in [5.41, 5.74) is 0. The zero-order valence-electron chi connectivity index (χ0n) is 44.9. The maximum atomic E-state index is 13.3. The minimum Gasteiger partial charge on any atom is -0.462 e. The Balaban J connectivity index is 4.51. The van der Waals surface area contributed by atoms with E-state index in [0.29, 0.717) is 19.3 Å². The van der Waals surface area contributed by atoms with E-state index < -0.39 is 18.2 Å². The van der Waals surface area contributed by atoms with E-state index in [1.54, 1.807) is 0 Å². The van der Waals surface area contributed by atoms with Gasteiger partial charge in [-0.3, -0.25) is 9.59 Å².